The fraction of sp³-hybridized carbons (Fsp3) is 0.400. The summed E-state index contributed by atoms with van der Waals surface area (Å²) in [7, 11) is 1.76. The second kappa shape index (κ2) is 5.81. The highest BCUT2D eigenvalue weighted by Gasteiger charge is 2.18. The van der Waals surface area contributed by atoms with Gasteiger partial charge in [0.25, 0.3) is 5.91 Å². The number of aryl methyl sites for hydroxylation is 2. The second-order valence-electron chi connectivity index (χ2n) is 5.29. The molecule has 0 fully saturated rings. The van der Waals surface area contributed by atoms with Crippen LogP contribution in [0.25, 0.3) is 0 Å². The number of aromatic nitrogens is 2. The van der Waals surface area contributed by atoms with E-state index in [4.69, 9.17) is 0 Å². The van der Waals surface area contributed by atoms with Crippen LogP contribution >= 0.6 is 11.3 Å². The molecule has 110 valence electrons. The molecule has 0 saturated heterocycles. The van der Waals surface area contributed by atoms with Crippen molar-refractivity contribution in [3.8, 4) is 0 Å². The van der Waals surface area contributed by atoms with Gasteiger partial charge in [0.05, 0.1) is 17.8 Å². The number of pyridine rings is 1. The van der Waals surface area contributed by atoms with Crippen LogP contribution in [-0.2, 0) is 19.4 Å². The maximum Gasteiger partial charge on any atom is 0.255 e. The number of hydrogen-bond acceptors (Lipinski definition) is 4. The predicted octanol–water partition coefficient (Wildman–Crippen LogP) is 1.98. The molecular formula is C15H17N3O2S. The zero-order valence-corrected chi connectivity index (χ0v) is 12.7. The summed E-state index contributed by atoms with van der Waals surface area (Å²) in [5, 5.41) is 0.988. The molecule has 0 spiro atoms. The van der Waals surface area contributed by atoms with Gasteiger partial charge in [-0.25, -0.2) is 4.98 Å². The lowest BCUT2D eigenvalue weighted by molar-refractivity contribution is 0.0784. The van der Waals surface area contributed by atoms with E-state index in [2.05, 4.69) is 9.97 Å². The second-order valence-corrected chi connectivity index (χ2v) is 6.46. The molecule has 1 N–H and O–H groups in total. The number of hydrogen-bond donors (Lipinski definition) is 1. The number of nitrogens with zero attached hydrogens (tertiary/aromatic N) is 2. The Balaban J connectivity index is 1.72. The maximum atomic E-state index is 12.3. The lowest BCUT2D eigenvalue weighted by Crippen LogP contribution is -2.26. The minimum atomic E-state index is -0.207. The predicted molar refractivity (Wildman–Crippen MR) is 81.6 cm³/mol. The van der Waals surface area contributed by atoms with Gasteiger partial charge in [0.15, 0.2) is 0 Å². The van der Waals surface area contributed by atoms with Crippen molar-refractivity contribution >= 4 is 17.2 Å². The number of amides is 1. The molecule has 0 aromatic carbocycles. The Bertz CT molecular complexity index is 676. The average Bonchev–Trinajstić information content (AvgIpc) is 2.89. The maximum absolute atomic E-state index is 12.3. The molecule has 21 heavy (non-hydrogen) atoms. The first-order chi connectivity index (χ1) is 10.1. The summed E-state index contributed by atoms with van der Waals surface area (Å²) in [6, 6.07) is 2.91. The normalized spacial score (nSPS) is 13.8. The van der Waals surface area contributed by atoms with Crippen LogP contribution in [0.3, 0.4) is 0 Å². The van der Waals surface area contributed by atoms with Gasteiger partial charge in [-0.15, -0.1) is 11.3 Å². The summed E-state index contributed by atoms with van der Waals surface area (Å²) in [5.41, 5.74) is 1.49. The van der Waals surface area contributed by atoms with E-state index in [0.717, 1.165) is 17.8 Å². The van der Waals surface area contributed by atoms with Gasteiger partial charge in [0.1, 0.15) is 5.01 Å². The van der Waals surface area contributed by atoms with Crippen LogP contribution in [0.2, 0.25) is 0 Å². The molecule has 1 aliphatic rings. The third-order valence-electron chi connectivity index (χ3n) is 3.64. The minimum Gasteiger partial charge on any atom is -0.335 e. The van der Waals surface area contributed by atoms with Crippen LogP contribution in [0, 0.1) is 0 Å². The van der Waals surface area contributed by atoms with Crippen LogP contribution < -0.4 is 5.56 Å². The quantitative estimate of drug-likeness (QED) is 0.943. The van der Waals surface area contributed by atoms with Gasteiger partial charge in [0.2, 0.25) is 5.56 Å². The number of thiazole rings is 1. The van der Waals surface area contributed by atoms with Crippen LogP contribution in [0.5, 0.6) is 0 Å². The van der Waals surface area contributed by atoms with E-state index in [1.54, 1.807) is 29.4 Å². The van der Waals surface area contributed by atoms with Crippen molar-refractivity contribution in [1.82, 2.24) is 14.9 Å². The highest BCUT2D eigenvalue weighted by Crippen LogP contribution is 2.27. The first kappa shape index (κ1) is 14.0. The molecule has 1 amide bonds. The minimum absolute atomic E-state index is 0.112. The molecule has 0 bridgehead atoms. The van der Waals surface area contributed by atoms with E-state index in [1.807, 2.05) is 0 Å². The molecule has 2 heterocycles. The first-order valence-corrected chi connectivity index (χ1v) is 7.87. The van der Waals surface area contributed by atoms with E-state index in [9.17, 15) is 9.59 Å². The lowest BCUT2D eigenvalue weighted by atomic mass is 10.0. The Morgan fingerprint density at radius 1 is 1.38 bits per heavy atom. The molecule has 0 saturated carbocycles. The number of carbonyl (C=O) groups excluding carboxylic acids is 1. The largest absolute Gasteiger partial charge is 0.335 e. The SMILES string of the molecule is CN(Cc1nc2c(s1)CCCC2)C(=O)c1ccc(=O)[nH]c1. The summed E-state index contributed by atoms with van der Waals surface area (Å²) >= 11 is 1.72. The molecule has 0 unspecified atom stereocenters. The number of aromatic amines is 1. The molecule has 0 atom stereocenters. The Labute approximate surface area is 126 Å². The van der Waals surface area contributed by atoms with Gasteiger partial charge in [-0.3, -0.25) is 9.59 Å². The number of H-pyrrole nitrogens is 1. The number of fused-ring (bicyclic) bond motifs is 1. The van der Waals surface area contributed by atoms with E-state index in [1.165, 1.54) is 35.7 Å². The molecule has 0 radical (unpaired) electrons. The first-order valence-electron chi connectivity index (χ1n) is 7.05. The molecule has 1 aliphatic carbocycles. The molecular weight excluding hydrogens is 286 g/mol. The van der Waals surface area contributed by atoms with Gasteiger partial charge < -0.3 is 9.88 Å². The molecule has 2 aromatic heterocycles. The van der Waals surface area contributed by atoms with Gasteiger partial charge in [-0.05, 0) is 31.7 Å². The van der Waals surface area contributed by atoms with Crippen LogP contribution in [0.1, 0.15) is 38.8 Å². The standard InChI is InChI=1S/C15H17N3O2S/c1-18(15(20)10-6-7-13(19)16-8-10)9-14-17-11-4-2-3-5-12(11)21-14/h6-8H,2-5,9H2,1H3,(H,16,19). The monoisotopic (exact) mass is 303 g/mol. The zero-order chi connectivity index (χ0) is 14.8. The van der Waals surface area contributed by atoms with E-state index >= 15 is 0 Å². The number of rotatable bonds is 3. The van der Waals surface area contributed by atoms with Crippen LogP contribution in [0.15, 0.2) is 23.1 Å². The Kier molecular flexibility index (Phi) is 3.88. The molecule has 3 rings (SSSR count). The summed E-state index contributed by atoms with van der Waals surface area (Å²) in [6.07, 6.45) is 6.07. The summed E-state index contributed by atoms with van der Waals surface area (Å²) in [5.74, 6) is -0.112. The highest BCUT2D eigenvalue weighted by atomic mass is 32.1. The fourth-order valence-electron chi connectivity index (χ4n) is 2.51. The van der Waals surface area contributed by atoms with E-state index in [0.29, 0.717) is 12.1 Å². The summed E-state index contributed by atoms with van der Waals surface area (Å²) < 4.78 is 0. The van der Waals surface area contributed by atoms with Gasteiger partial charge in [0, 0.05) is 24.2 Å². The lowest BCUT2D eigenvalue weighted by Gasteiger charge is -2.15. The third-order valence-corrected chi connectivity index (χ3v) is 4.78. The van der Waals surface area contributed by atoms with E-state index < -0.39 is 0 Å². The van der Waals surface area contributed by atoms with Crippen molar-refractivity contribution in [2.24, 2.45) is 0 Å². The number of nitrogens with one attached hydrogen (secondary N) is 1. The van der Waals surface area contributed by atoms with Crippen molar-refractivity contribution in [2.75, 3.05) is 7.05 Å². The Hall–Kier alpha value is -1.95. The van der Waals surface area contributed by atoms with E-state index in [-0.39, 0.29) is 11.5 Å². The topological polar surface area (TPSA) is 66.1 Å². The van der Waals surface area contributed by atoms with Crippen molar-refractivity contribution in [1.29, 1.82) is 0 Å². The smallest absolute Gasteiger partial charge is 0.255 e. The molecule has 2 aromatic rings. The van der Waals surface area contributed by atoms with Crippen molar-refractivity contribution in [2.45, 2.75) is 32.2 Å². The highest BCUT2D eigenvalue weighted by molar-refractivity contribution is 7.11. The Morgan fingerprint density at radius 2 is 2.19 bits per heavy atom. The molecule has 5 nitrogen and oxygen atoms in total. The summed E-state index contributed by atoms with van der Waals surface area (Å²) in [6.45, 7) is 0.510. The summed E-state index contributed by atoms with van der Waals surface area (Å²) in [4.78, 5) is 33.5. The van der Waals surface area contributed by atoms with Gasteiger partial charge >= 0.3 is 0 Å². The van der Waals surface area contributed by atoms with Crippen molar-refractivity contribution in [3.05, 3.63) is 49.8 Å². The molecule has 0 aliphatic heterocycles. The van der Waals surface area contributed by atoms with Crippen LogP contribution in [0.4, 0.5) is 0 Å². The zero-order valence-electron chi connectivity index (χ0n) is 11.9. The van der Waals surface area contributed by atoms with Crippen molar-refractivity contribution in [3.63, 3.8) is 0 Å². The van der Waals surface area contributed by atoms with Crippen LogP contribution in [-0.4, -0.2) is 27.8 Å². The molecule has 6 heteroatoms. The number of carbonyl (C=O) groups is 1. The Morgan fingerprint density at radius 3 is 2.90 bits per heavy atom. The van der Waals surface area contributed by atoms with Gasteiger partial charge in [-0.1, -0.05) is 0 Å². The van der Waals surface area contributed by atoms with Gasteiger partial charge in [-0.2, -0.15) is 0 Å². The third kappa shape index (κ3) is 3.05. The average molecular weight is 303 g/mol. The van der Waals surface area contributed by atoms with Crippen molar-refractivity contribution < 1.29 is 4.79 Å². The fourth-order valence-corrected chi connectivity index (χ4v) is 3.72.